The molecule has 180 valence electrons. The highest BCUT2D eigenvalue weighted by atomic mass is 79.9. The molecule has 0 fully saturated rings. The average Bonchev–Trinajstić information content (AvgIpc) is 3.14. The third kappa shape index (κ3) is 4.00. The summed E-state index contributed by atoms with van der Waals surface area (Å²) in [4.78, 5) is 12.9. The standard InChI is InChI=1S/C26H28BrNO6/c1-14(2)34-21-11-15-9-10-28-24(17(15)13-20(21)32-5)22(23(27)25(28)26(29)33-6)18-12-16(30-3)7-8-19(18)31-4/h7-8,11-14H,9-10H2,1-6H3. The van der Waals surface area contributed by atoms with Crippen LogP contribution in [0.15, 0.2) is 34.8 Å². The lowest BCUT2D eigenvalue weighted by molar-refractivity contribution is 0.0587. The van der Waals surface area contributed by atoms with Crippen molar-refractivity contribution in [3.8, 4) is 45.4 Å². The van der Waals surface area contributed by atoms with Gasteiger partial charge in [0.25, 0.3) is 0 Å². The van der Waals surface area contributed by atoms with E-state index < -0.39 is 5.97 Å². The lowest BCUT2D eigenvalue weighted by atomic mass is 9.93. The Morgan fingerprint density at radius 1 is 0.941 bits per heavy atom. The summed E-state index contributed by atoms with van der Waals surface area (Å²) in [5.41, 5.74) is 4.99. The number of fused-ring (bicyclic) bond motifs is 3. The number of carbonyl (C=O) groups excluding carboxylic acids is 1. The summed E-state index contributed by atoms with van der Waals surface area (Å²) >= 11 is 3.71. The highest BCUT2D eigenvalue weighted by Crippen LogP contribution is 2.50. The Kier molecular flexibility index (Phi) is 6.79. The predicted octanol–water partition coefficient (Wildman–Crippen LogP) is 5.74. The van der Waals surface area contributed by atoms with Crippen molar-refractivity contribution in [3.63, 3.8) is 0 Å². The molecule has 34 heavy (non-hydrogen) atoms. The summed E-state index contributed by atoms with van der Waals surface area (Å²) in [5.74, 6) is 2.24. The molecule has 0 aliphatic carbocycles. The number of aromatic nitrogens is 1. The van der Waals surface area contributed by atoms with Crippen LogP contribution in [0.1, 0.15) is 29.9 Å². The molecule has 4 rings (SSSR count). The van der Waals surface area contributed by atoms with Gasteiger partial charge in [-0.05, 0) is 72.1 Å². The number of ether oxygens (including phenoxy) is 5. The van der Waals surface area contributed by atoms with Gasteiger partial charge in [-0.3, -0.25) is 0 Å². The third-order valence-corrected chi connectivity index (χ3v) is 6.64. The second-order valence-corrected chi connectivity index (χ2v) is 8.97. The van der Waals surface area contributed by atoms with Crippen molar-refractivity contribution in [2.75, 3.05) is 28.4 Å². The fourth-order valence-corrected chi connectivity index (χ4v) is 5.19. The van der Waals surface area contributed by atoms with Crippen LogP contribution in [0.2, 0.25) is 0 Å². The molecule has 0 saturated carbocycles. The zero-order valence-corrected chi connectivity index (χ0v) is 21.7. The summed E-state index contributed by atoms with van der Waals surface area (Å²) in [6.45, 7) is 4.57. The monoisotopic (exact) mass is 529 g/mol. The molecule has 2 aromatic carbocycles. The van der Waals surface area contributed by atoms with E-state index in [1.54, 1.807) is 21.3 Å². The molecule has 2 heterocycles. The molecule has 0 N–H and O–H groups in total. The minimum Gasteiger partial charge on any atom is -0.497 e. The summed E-state index contributed by atoms with van der Waals surface area (Å²) in [5, 5.41) is 0. The van der Waals surface area contributed by atoms with Crippen LogP contribution < -0.4 is 18.9 Å². The maximum atomic E-state index is 12.9. The zero-order valence-electron chi connectivity index (χ0n) is 20.2. The maximum Gasteiger partial charge on any atom is 0.355 e. The molecule has 7 nitrogen and oxygen atoms in total. The van der Waals surface area contributed by atoms with Gasteiger partial charge in [0.1, 0.15) is 17.2 Å². The van der Waals surface area contributed by atoms with Gasteiger partial charge in [-0.2, -0.15) is 0 Å². The van der Waals surface area contributed by atoms with E-state index in [1.165, 1.54) is 7.11 Å². The van der Waals surface area contributed by atoms with Gasteiger partial charge in [0.05, 0.1) is 44.7 Å². The molecule has 0 saturated heterocycles. The van der Waals surface area contributed by atoms with Crippen LogP contribution in [0.5, 0.6) is 23.0 Å². The lowest BCUT2D eigenvalue weighted by Gasteiger charge is -2.25. The maximum absolute atomic E-state index is 12.9. The number of rotatable bonds is 7. The van der Waals surface area contributed by atoms with Crippen molar-refractivity contribution in [2.45, 2.75) is 32.9 Å². The number of nitrogens with zero attached hydrogens (tertiary/aromatic N) is 1. The number of carbonyl (C=O) groups is 1. The Balaban J connectivity index is 2.07. The smallest absolute Gasteiger partial charge is 0.355 e. The topological polar surface area (TPSA) is 68.2 Å². The average molecular weight is 530 g/mol. The van der Waals surface area contributed by atoms with Crippen molar-refractivity contribution in [2.24, 2.45) is 0 Å². The highest BCUT2D eigenvalue weighted by molar-refractivity contribution is 9.10. The van der Waals surface area contributed by atoms with E-state index >= 15 is 0 Å². The number of benzene rings is 2. The Bertz CT molecular complexity index is 1250. The summed E-state index contributed by atoms with van der Waals surface area (Å²) in [6, 6.07) is 9.60. The van der Waals surface area contributed by atoms with Gasteiger partial charge in [-0.25, -0.2) is 4.79 Å². The minimum atomic E-state index is -0.420. The van der Waals surface area contributed by atoms with E-state index in [2.05, 4.69) is 15.9 Å². The first kappa shape index (κ1) is 24.0. The molecule has 0 unspecified atom stereocenters. The van der Waals surface area contributed by atoms with Gasteiger partial charge in [-0.1, -0.05) is 0 Å². The van der Waals surface area contributed by atoms with Crippen LogP contribution in [0.3, 0.4) is 0 Å². The zero-order chi connectivity index (χ0) is 24.6. The fraction of sp³-hybridized carbons (Fsp3) is 0.346. The van der Waals surface area contributed by atoms with E-state index in [0.717, 1.165) is 34.4 Å². The van der Waals surface area contributed by atoms with Crippen molar-refractivity contribution in [1.82, 2.24) is 4.57 Å². The number of methoxy groups -OCH3 is 4. The molecular formula is C26H28BrNO6. The quantitative estimate of drug-likeness (QED) is 0.363. The number of aryl methyl sites for hydroxylation is 1. The van der Waals surface area contributed by atoms with Crippen LogP contribution in [0.4, 0.5) is 0 Å². The highest BCUT2D eigenvalue weighted by Gasteiger charge is 2.33. The number of hydrogen-bond donors (Lipinski definition) is 0. The number of hydrogen-bond acceptors (Lipinski definition) is 6. The van der Waals surface area contributed by atoms with Gasteiger partial charge >= 0.3 is 5.97 Å². The van der Waals surface area contributed by atoms with Gasteiger partial charge < -0.3 is 28.3 Å². The van der Waals surface area contributed by atoms with Crippen molar-refractivity contribution in [3.05, 3.63) is 46.1 Å². The summed E-state index contributed by atoms with van der Waals surface area (Å²) in [7, 11) is 6.25. The first-order valence-corrected chi connectivity index (χ1v) is 11.7. The van der Waals surface area contributed by atoms with Gasteiger partial charge in [0.15, 0.2) is 11.5 Å². The number of esters is 1. The Hall–Kier alpha value is -3.13. The SMILES string of the molecule is COC(=O)c1c(Br)c(-c2cc(OC)ccc2OC)c2n1CCc1cc(OC(C)C)c(OC)cc1-2. The van der Waals surface area contributed by atoms with E-state index in [0.29, 0.717) is 39.7 Å². The van der Waals surface area contributed by atoms with Crippen LogP contribution in [0, 0.1) is 0 Å². The summed E-state index contributed by atoms with van der Waals surface area (Å²) < 4.78 is 30.6. The minimum absolute atomic E-state index is 0.0103. The van der Waals surface area contributed by atoms with Gasteiger partial charge in [-0.15, -0.1) is 0 Å². The molecule has 0 spiro atoms. The third-order valence-electron chi connectivity index (χ3n) is 5.87. The molecule has 8 heteroatoms. The molecule has 0 bridgehead atoms. The fourth-order valence-electron chi connectivity index (χ4n) is 4.41. The normalized spacial score (nSPS) is 12.1. The van der Waals surface area contributed by atoms with Crippen LogP contribution in [-0.2, 0) is 17.7 Å². The van der Waals surface area contributed by atoms with Crippen LogP contribution in [-0.4, -0.2) is 45.1 Å². The largest absolute Gasteiger partial charge is 0.497 e. The van der Waals surface area contributed by atoms with E-state index in [1.807, 2.05) is 48.7 Å². The molecule has 3 aromatic rings. The molecule has 1 aliphatic heterocycles. The molecule has 0 amide bonds. The predicted molar refractivity (Wildman–Crippen MR) is 133 cm³/mol. The second-order valence-electron chi connectivity index (χ2n) is 8.17. The van der Waals surface area contributed by atoms with Crippen molar-refractivity contribution < 1.29 is 28.5 Å². The van der Waals surface area contributed by atoms with Gasteiger partial charge in [0.2, 0.25) is 0 Å². The first-order valence-electron chi connectivity index (χ1n) is 10.9. The molecule has 1 aromatic heterocycles. The molecule has 0 radical (unpaired) electrons. The van der Waals surface area contributed by atoms with E-state index in [9.17, 15) is 4.79 Å². The Morgan fingerprint density at radius 3 is 2.29 bits per heavy atom. The van der Waals surface area contributed by atoms with E-state index in [-0.39, 0.29) is 6.10 Å². The van der Waals surface area contributed by atoms with Crippen LogP contribution >= 0.6 is 15.9 Å². The lowest BCUT2D eigenvalue weighted by Crippen LogP contribution is -2.17. The molecular weight excluding hydrogens is 502 g/mol. The summed E-state index contributed by atoms with van der Waals surface area (Å²) in [6.07, 6.45) is 0.733. The Morgan fingerprint density at radius 2 is 1.68 bits per heavy atom. The molecule has 1 aliphatic rings. The van der Waals surface area contributed by atoms with Gasteiger partial charge in [0, 0.05) is 23.2 Å². The molecule has 0 atom stereocenters. The van der Waals surface area contributed by atoms with E-state index in [4.69, 9.17) is 23.7 Å². The van der Waals surface area contributed by atoms with Crippen molar-refractivity contribution in [1.29, 1.82) is 0 Å². The second kappa shape index (κ2) is 9.62. The Labute approximate surface area is 207 Å². The first-order chi connectivity index (χ1) is 16.3. The van der Waals surface area contributed by atoms with Crippen molar-refractivity contribution >= 4 is 21.9 Å². The van der Waals surface area contributed by atoms with Crippen LogP contribution in [0.25, 0.3) is 22.4 Å². The number of halogens is 1.